The number of aliphatic carboxylic acids is 1. The first-order valence-electron chi connectivity index (χ1n) is 5.08. The van der Waals surface area contributed by atoms with Gasteiger partial charge in [0.2, 0.25) is 0 Å². The fourth-order valence-corrected chi connectivity index (χ4v) is 1.95. The zero-order valence-corrected chi connectivity index (χ0v) is 11.3. The van der Waals surface area contributed by atoms with Crippen LogP contribution >= 0.6 is 23.2 Å². The number of amides is 1. The molecule has 1 aromatic rings. The Bertz CT molecular complexity index is 483. The highest BCUT2D eigenvalue weighted by atomic mass is 35.5. The van der Waals surface area contributed by atoms with Crippen molar-refractivity contribution in [3.05, 3.63) is 27.7 Å². The summed E-state index contributed by atoms with van der Waals surface area (Å²) in [5, 5.41) is 19.9. The molecule has 3 N–H and O–H groups in total. The van der Waals surface area contributed by atoms with Gasteiger partial charge < -0.3 is 20.3 Å². The predicted octanol–water partition coefficient (Wildman–Crippen LogP) is 1.18. The van der Waals surface area contributed by atoms with Crippen molar-refractivity contribution in [2.24, 2.45) is 0 Å². The van der Waals surface area contributed by atoms with E-state index < -0.39 is 24.5 Å². The molecule has 0 aliphatic heterocycles. The molecule has 0 saturated carbocycles. The Hall–Kier alpha value is -1.50. The Kier molecular flexibility index (Phi) is 5.41. The minimum Gasteiger partial charge on any atom is -0.494 e. The van der Waals surface area contributed by atoms with Crippen LogP contribution in [0.25, 0.3) is 0 Å². The fraction of sp³-hybridized carbons (Fsp3) is 0.273. The number of carbonyl (C=O) groups excluding carboxylic acids is 1. The lowest BCUT2D eigenvalue weighted by Gasteiger charge is -2.13. The molecule has 8 heteroatoms. The number of hydrogen-bond acceptors (Lipinski definition) is 4. The molecule has 19 heavy (non-hydrogen) atoms. The molecule has 0 bridgehead atoms. The third kappa shape index (κ3) is 3.73. The van der Waals surface area contributed by atoms with Gasteiger partial charge in [0.05, 0.1) is 23.8 Å². The maximum Gasteiger partial charge on any atom is 0.328 e. The van der Waals surface area contributed by atoms with E-state index in [1.165, 1.54) is 19.2 Å². The van der Waals surface area contributed by atoms with Crippen molar-refractivity contribution < 1.29 is 24.5 Å². The van der Waals surface area contributed by atoms with Crippen molar-refractivity contribution in [2.75, 3.05) is 13.7 Å². The van der Waals surface area contributed by atoms with Gasteiger partial charge in [-0.15, -0.1) is 0 Å². The lowest BCUT2D eigenvalue weighted by atomic mass is 10.2. The number of hydrogen-bond donors (Lipinski definition) is 3. The fourth-order valence-electron chi connectivity index (χ4n) is 1.31. The predicted molar refractivity (Wildman–Crippen MR) is 69.0 cm³/mol. The Morgan fingerprint density at radius 2 is 1.89 bits per heavy atom. The van der Waals surface area contributed by atoms with Crippen molar-refractivity contribution in [1.82, 2.24) is 5.32 Å². The zero-order chi connectivity index (χ0) is 14.6. The number of methoxy groups -OCH3 is 1. The van der Waals surface area contributed by atoms with Crippen molar-refractivity contribution in [3.8, 4) is 5.75 Å². The Labute approximate surface area is 118 Å². The van der Waals surface area contributed by atoms with Gasteiger partial charge >= 0.3 is 5.97 Å². The summed E-state index contributed by atoms with van der Waals surface area (Å²) >= 11 is 11.7. The first kappa shape index (κ1) is 15.6. The van der Waals surface area contributed by atoms with Crippen LogP contribution in [0.4, 0.5) is 0 Å². The number of halogens is 2. The quantitative estimate of drug-likeness (QED) is 0.759. The molecule has 1 rings (SSSR count). The molecule has 0 saturated heterocycles. The van der Waals surface area contributed by atoms with Gasteiger partial charge in [-0.05, 0) is 12.1 Å². The highest BCUT2D eigenvalue weighted by Crippen LogP contribution is 2.33. The summed E-state index contributed by atoms with van der Waals surface area (Å²) in [6.45, 7) is -0.724. The van der Waals surface area contributed by atoms with Gasteiger partial charge in [0, 0.05) is 5.56 Å². The molecule has 104 valence electrons. The summed E-state index contributed by atoms with van der Waals surface area (Å²) in [5.41, 5.74) is 0.0653. The molecule has 0 radical (unpaired) electrons. The average molecular weight is 308 g/mol. The second-order valence-electron chi connectivity index (χ2n) is 3.52. The molecule has 0 heterocycles. The van der Waals surface area contributed by atoms with E-state index in [9.17, 15) is 9.59 Å². The van der Waals surface area contributed by atoms with E-state index in [1.807, 2.05) is 0 Å². The van der Waals surface area contributed by atoms with E-state index >= 15 is 0 Å². The smallest absolute Gasteiger partial charge is 0.328 e. The summed E-state index contributed by atoms with van der Waals surface area (Å²) in [5.74, 6) is -1.84. The normalized spacial score (nSPS) is 11.8. The lowest BCUT2D eigenvalue weighted by Crippen LogP contribution is -2.43. The van der Waals surface area contributed by atoms with Crippen LogP contribution in [-0.4, -0.2) is 41.8 Å². The van der Waals surface area contributed by atoms with Gasteiger partial charge in [-0.3, -0.25) is 4.79 Å². The Morgan fingerprint density at radius 3 is 2.26 bits per heavy atom. The van der Waals surface area contributed by atoms with Gasteiger partial charge in [-0.25, -0.2) is 4.79 Å². The summed E-state index contributed by atoms with van der Waals surface area (Å²) in [6.07, 6.45) is 0. The number of ether oxygens (including phenoxy) is 1. The van der Waals surface area contributed by atoms with Gasteiger partial charge in [-0.1, -0.05) is 23.2 Å². The Morgan fingerprint density at radius 1 is 1.37 bits per heavy atom. The highest BCUT2D eigenvalue weighted by molar-refractivity contribution is 6.37. The molecule has 0 aliphatic rings. The van der Waals surface area contributed by atoms with Gasteiger partial charge in [-0.2, -0.15) is 0 Å². The number of aliphatic hydroxyl groups is 1. The third-order valence-corrected chi connectivity index (χ3v) is 2.81. The van der Waals surface area contributed by atoms with Crippen LogP contribution in [0.15, 0.2) is 12.1 Å². The van der Waals surface area contributed by atoms with Crippen molar-refractivity contribution in [3.63, 3.8) is 0 Å². The monoisotopic (exact) mass is 307 g/mol. The Balaban J connectivity index is 2.98. The molecule has 1 amide bonds. The number of benzene rings is 1. The minimum atomic E-state index is -1.40. The van der Waals surface area contributed by atoms with Crippen LogP contribution in [0.3, 0.4) is 0 Å². The number of nitrogens with one attached hydrogen (secondary N) is 1. The summed E-state index contributed by atoms with van der Waals surface area (Å²) in [4.78, 5) is 22.5. The number of carbonyl (C=O) groups is 2. The third-order valence-electron chi connectivity index (χ3n) is 2.25. The van der Waals surface area contributed by atoms with Crippen LogP contribution in [0.5, 0.6) is 5.75 Å². The van der Waals surface area contributed by atoms with Crippen LogP contribution in [0, 0.1) is 0 Å². The van der Waals surface area contributed by atoms with Crippen LogP contribution in [0.1, 0.15) is 10.4 Å². The standard InChI is InChI=1S/C11H11Cl2NO5/c1-19-9-6(12)2-5(3-7(9)13)10(16)14-8(4-15)11(17)18/h2-3,8,15H,4H2,1H3,(H,14,16)(H,17,18)/t8-/m0/s1. The molecule has 0 unspecified atom stereocenters. The molecule has 0 aromatic heterocycles. The molecule has 1 atom stereocenters. The van der Waals surface area contributed by atoms with Crippen molar-refractivity contribution >= 4 is 35.1 Å². The number of aliphatic hydroxyl groups excluding tert-OH is 1. The molecular weight excluding hydrogens is 297 g/mol. The SMILES string of the molecule is COc1c(Cl)cc(C(=O)N[C@@H](CO)C(=O)O)cc1Cl. The van der Waals surface area contributed by atoms with E-state index in [-0.39, 0.29) is 21.4 Å². The number of rotatable bonds is 5. The molecular formula is C11H11Cl2NO5. The molecule has 0 aliphatic carbocycles. The van der Waals surface area contributed by atoms with Crippen LogP contribution < -0.4 is 10.1 Å². The summed E-state index contributed by atoms with van der Waals surface area (Å²) < 4.78 is 4.92. The van der Waals surface area contributed by atoms with Crippen LogP contribution in [0.2, 0.25) is 10.0 Å². The number of carboxylic acid groups (broad SMARTS) is 1. The first-order chi connectivity index (χ1) is 8.90. The van der Waals surface area contributed by atoms with Gasteiger partial charge in [0.25, 0.3) is 5.91 Å². The lowest BCUT2D eigenvalue weighted by molar-refractivity contribution is -0.140. The van der Waals surface area contributed by atoms with E-state index in [2.05, 4.69) is 5.32 Å². The second-order valence-corrected chi connectivity index (χ2v) is 4.33. The largest absolute Gasteiger partial charge is 0.494 e. The second kappa shape index (κ2) is 6.60. The topological polar surface area (TPSA) is 95.9 Å². The zero-order valence-electron chi connectivity index (χ0n) is 9.81. The maximum absolute atomic E-state index is 11.8. The minimum absolute atomic E-state index is 0.0653. The molecule has 0 spiro atoms. The molecule has 1 aromatic carbocycles. The van der Waals surface area contributed by atoms with E-state index in [4.69, 9.17) is 38.2 Å². The first-order valence-corrected chi connectivity index (χ1v) is 5.83. The van der Waals surface area contributed by atoms with Crippen molar-refractivity contribution in [2.45, 2.75) is 6.04 Å². The summed E-state index contributed by atoms with van der Waals surface area (Å²) in [7, 11) is 1.37. The van der Waals surface area contributed by atoms with Gasteiger partial charge in [0.15, 0.2) is 11.8 Å². The molecule has 0 fully saturated rings. The van der Waals surface area contributed by atoms with E-state index in [0.717, 1.165) is 0 Å². The van der Waals surface area contributed by atoms with Gasteiger partial charge in [0.1, 0.15) is 0 Å². The average Bonchev–Trinajstić information content (AvgIpc) is 2.34. The molecule has 6 nitrogen and oxygen atoms in total. The van der Waals surface area contributed by atoms with Crippen LogP contribution in [-0.2, 0) is 4.79 Å². The van der Waals surface area contributed by atoms with E-state index in [1.54, 1.807) is 0 Å². The summed E-state index contributed by atoms with van der Waals surface area (Å²) in [6, 6.07) is 1.18. The number of carboxylic acids is 1. The maximum atomic E-state index is 11.8. The highest BCUT2D eigenvalue weighted by Gasteiger charge is 2.21. The van der Waals surface area contributed by atoms with E-state index in [0.29, 0.717) is 0 Å². The van der Waals surface area contributed by atoms with Crippen molar-refractivity contribution in [1.29, 1.82) is 0 Å².